The highest BCUT2D eigenvalue weighted by atomic mass is 32.1. The molecule has 102 valence electrons. The molecule has 1 aromatic carbocycles. The molecule has 0 aliphatic rings. The molecular weight excluding hydrogens is 254 g/mol. The third-order valence-electron chi connectivity index (χ3n) is 3.40. The van der Waals surface area contributed by atoms with Crippen molar-refractivity contribution in [2.75, 3.05) is 0 Å². The van der Waals surface area contributed by atoms with E-state index in [1.54, 1.807) is 23.5 Å². The van der Waals surface area contributed by atoms with E-state index in [2.05, 4.69) is 36.7 Å². The zero-order valence-corrected chi connectivity index (χ0v) is 12.3. The van der Waals surface area contributed by atoms with Gasteiger partial charge in [0, 0.05) is 17.0 Å². The zero-order chi connectivity index (χ0) is 13.7. The van der Waals surface area contributed by atoms with Crippen molar-refractivity contribution in [3.8, 4) is 5.75 Å². The van der Waals surface area contributed by atoms with Gasteiger partial charge in [-0.05, 0) is 42.0 Å². The molecule has 0 saturated heterocycles. The van der Waals surface area contributed by atoms with E-state index in [0.717, 1.165) is 12.8 Å². The van der Waals surface area contributed by atoms with Crippen LogP contribution in [0.15, 0.2) is 41.8 Å². The van der Waals surface area contributed by atoms with E-state index in [9.17, 15) is 5.11 Å². The van der Waals surface area contributed by atoms with Crippen molar-refractivity contribution in [3.05, 3.63) is 52.2 Å². The molecule has 3 heteroatoms. The largest absolute Gasteiger partial charge is 0.508 e. The van der Waals surface area contributed by atoms with Crippen LogP contribution < -0.4 is 5.32 Å². The third-order valence-corrected chi connectivity index (χ3v) is 4.39. The second-order valence-electron chi connectivity index (χ2n) is 4.70. The van der Waals surface area contributed by atoms with Crippen molar-refractivity contribution < 1.29 is 5.11 Å². The Bertz CT molecular complexity index is 478. The molecule has 19 heavy (non-hydrogen) atoms. The standard InChI is InChI=1S/C16H21NOS/c1-3-14(12-7-9-13(18)10-8-12)17-15(4-2)16-6-5-11-19-16/h5-11,14-15,17-18H,3-4H2,1-2H3. The molecule has 1 aromatic heterocycles. The lowest BCUT2D eigenvalue weighted by atomic mass is 10.0. The molecule has 2 rings (SSSR count). The average molecular weight is 275 g/mol. The Hall–Kier alpha value is -1.32. The fraction of sp³-hybridized carbons (Fsp3) is 0.375. The van der Waals surface area contributed by atoms with E-state index in [0.29, 0.717) is 17.8 Å². The lowest BCUT2D eigenvalue weighted by Gasteiger charge is -2.24. The molecule has 0 spiro atoms. The number of nitrogens with one attached hydrogen (secondary N) is 1. The van der Waals surface area contributed by atoms with Gasteiger partial charge in [0.2, 0.25) is 0 Å². The molecule has 0 radical (unpaired) electrons. The number of thiophene rings is 1. The summed E-state index contributed by atoms with van der Waals surface area (Å²) in [4.78, 5) is 1.39. The van der Waals surface area contributed by atoms with Gasteiger partial charge in [0.15, 0.2) is 0 Å². The third kappa shape index (κ3) is 3.58. The Morgan fingerprint density at radius 3 is 2.26 bits per heavy atom. The summed E-state index contributed by atoms with van der Waals surface area (Å²) in [5.74, 6) is 0.323. The van der Waals surface area contributed by atoms with Crippen molar-refractivity contribution >= 4 is 11.3 Å². The van der Waals surface area contributed by atoms with Crippen LogP contribution in [0.4, 0.5) is 0 Å². The van der Waals surface area contributed by atoms with E-state index >= 15 is 0 Å². The topological polar surface area (TPSA) is 32.3 Å². The van der Waals surface area contributed by atoms with Crippen LogP contribution in [0, 0.1) is 0 Å². The van der Waals surface area contributed by atoms with Gasteiger partial charge >= 0.3 is 0 Å². The summed E-state index contributed by atoms with van der Waals surface area (Å²) in [7, 11) is 0. The van der Waals surface area contributed by atoms with E-state index in [-0.39, 0.29) is 0 Å². The number of phenols is 1. The highest BCUT2D eigenvalue weighted by molar-refractivity contribution is 7.10. The first-order chi connectivity index (χ1) is 9.24. The number of rotatable bonds is 6. The summed E-state index contributed by atoms with van der Waals surface area (Å²) in [6.07, 6.45) is 2.11. The van der Waals surface area contributed by atoms with Gasteiger partial charge in [0.1, 0.15) is 5.75 Å². The quantitative estimate of drug-likeness (QED) is 0.804. The maximum atomic E-state index is 9.37. The predicted octanol–water partition coefficient (Wildman–Crippen LogP) is 4.65. The minimum Gasteiger partial charge on any atom is -0.508 e. The molecule has 0 fully saturated rings. The Labute approximate surface area is 119 Å². The summed E-state index contributed by atoms with van der Waals surface area (Å²) in [6.45, 7) is 4.40. The van der Waals surface area contributed by atoms with Crippen LogP contribution in [0.2, 0.25) is 0 Å². The predicted molar refractivity (Wildman–Crippen MR) is 81.6 cm³/mol. The minimum absolute atomic E-state index is 0.323. The van der Waals surface area contributed by atoms with Gasteiger partial charge < -0.3 is 10.4 Å². The van der Waals surface area contributed by atoms with E-state index in [4.69, 9.17) is 0 Å². The number of hydrogen-bond donors (Lipinski definition) is 2. The molecule has 0 aliphatic heterocycles. The number of aromatic hydroxyl groups is 1. The molecular formula is C16H21NOS. The van der Waals surface area contributed by atoms with Gasteiger partial charge in [0.05, 0.1) is 0 Å². The monoisotopic (exact) mass is 275 g/mol. The van der Waals surface area contributed by atoms with Crippen molar-refractivity contribution in [1.29, 1.82) is 0 Å². The normalized spacial score (nSPS) is 14.2. The molecule has 0 aliphatic carbocycles. The molecule has 0 saturated carbocycles. The van der Waals surface area contributed by atoms with Gasteiger partial charge in [-0.3, -0.25) is 0 Å². The minimum atomic E-state index is 0.323. The molecule has 2 atom stereocenters. The van der Waals surface area contributed by atoms with E-state index in [1.807, 2.05) is 12.1 Å². The fourth-order valence-electron chi connectivity index (χ4n) is 2.29. The van der Waals surface area contributed by atoms with Crippen LogP contribution in [-0.2, 0) is 0 Å². The Balaban J connectivity index is 2.11. The van der Waals surface area contributed by atoms with Crippen molar-refractivity contribution in [2.45, 2.75) is 38.8 Å². The first-order valence-electron chi connectivity index (χ1n) is 6.83. The van der Waals surface area contributed by atoms with Gasteiger partial charge in [-0.1, -0.05) is 32.0 Å². The molecule has 2 N–H and O–H groups in total. The fourth-order valence-corrected chi connectivity index (χ4v) is 3.16. The second kappa shape index (κ2) is 6.73. The summed E-state index contributed by atoms with van der Waals surface area (Å²) in [5.41, 5.74) is 1.23. The number of hydrogen-bond acceptors (Lipinski definition) is 3. The maximum absolute atomic E-state index is 9.37. The summed E-state index contributed by atoms with van der Waals surface area (Å²) in [5, 5.41) is 15.2. The van der Waals surface area contributed by atoms with Crippen molar-refractivity contribution in [3.63, 3.8) is 0 Å². The van der Waals surface area contributed by atoms with Crippen LogP contribution in [0.1, 0.15) is 49.2 Å². The SMILES string of the molecule is CCC(NC(CC)c1cccs1)c1ccc(O)cc1. The summed E-state index contributed by atoms with van der Waals surface area (Å²) >= 11 is 1.80. The second-order valence-corrected chi connectivity index (χ2v) is 5.67. The molecule has 2 aromatic rings. The summed E-state index contributed by atoms with van der Waals surface area (Å²) < 4.78 is 0. The molecule has 2 unspecified atom stereocenters. The average Bonchev–Trinajstić information content (AvgIpc) is 2.95. The van der Waals surface area contributed by atoms with Crippen molar-refractivity contribution in [2.24, 2.45) is 0 Å². The lowest BCUT2D eigenvalue weighted by Crippen LogP contribution is -2.25. The molecule has 0 bridgehead atoms. The van der Waals surface area contributed by atoms with Crippen LogP contribution in [-0.4, -0.2) is 5.11 Å². The molecule has 1 heterocycles. The van der Waals surface area contributed by atoms with E-state index < -0.39 is 0 Å². The smallest absolute Gasteiger partial charge is 0.115 e. The molecule has 2 nitrogen and oxygen atoms in total. The highest BCUT2D eigenvalue weighted by Gasteiger charge is 2.16. The van der Waals surface area contributed by atoms with Gasteiger partial charge in [-0.2, -0.15) is 0 Å². The zero-order valence-electron chi connectivity index (χ0n) is 11.5. The first-order valence-corrected chi connectivity index (χ1v) is 7.71. The number of phenolic OH excluding ortho intramolecular Hbond substituents is 1. The van der Waals surface area contributed by atoms with E-state index in [1.165, 1.54) is 10.4 Å². The number of benzene rings is 1. The maximum Gasteiger partial charge on any atom is 0.115 e. The van der Waals surface area contributed by atoms with Crippen LogP contribution in [0.3, 0.4) is 0 Å². The Morgan fingerprint density at radius 1 is 1.05 bits per heavy atom. The highest BCUT2D eigenvalue weighted by Crippen LogP contribution is 2.27. The van der Waals surface area contributed by atoms with Gasteiger partial charge in [0.25, 0.3) is 0 Å². The molecule has 0 amide bonds. The Morgan fingerprint density at radius 2 is 1.74 bits per heavy atom. The van der Waals surface area contributed by atoms with Crippen LogP contribution in [0.5, 0.6) is 5.75 Å². The lowest BCUT2D eigenvalue weighted by molar-refractivity contribution is 0.429. The van der Waals surface area contributed by atoms with Crippen molar-refractivity contribution in [1.82, 2.24) is 5.32 Å². The summed E-state index contributed by atoms with van der Waals surface area (Å²) in [6, 6.07) is 12.5. The van der Waals surface area contributed by atoms with Gasteiger partial charge in [-0.15, -0.1) is 11.3 Å². The first kappa shape index (κ1) is 14.1. The van der Waals surface area contributed by atoms with Crippen LogP contribution in [0.25, 0.3) is 0 Å². The Kier molecular flexibility index (Phi) is 5.00. The van der Waals surface area contributed by atoms with Crippen LogP contribution >= 0.6 is 11.3 Å². The van der Waals surface area contributed by atoms with Gasteiger partial charge in [-0.25, -0.2) is 0 Å².